The number of aromatic nitrogens is 2. The second-order valence-corrected chi connectivity index (χ2v) is 3.48. The molecule has 0 saturated carbocycles. The molecule has 1 unspecified atom stereocenters. The van der Waals surface area contributed by atoms with E-state index >= 15 is 0 Å². The number of rotatable bonds is 3. The highest BCUT2D eigenvalue weighted by Crippen LogP contribution is 2.12. The SMILES string of the molecule is COc1ccnc(NC2CCCOC2)n1. The molecule has 1 N–H and O–H groups in total. The minimum atomic E-state index is 0.311. The van der Waals surface area contributed by atoms with Crippen LogP contribution in [0, 0.1) is 0 Å². The van der Waals surface area contributed by atoms with Crippen LogP contribution in [0.15, 0.2) is 12.3 Å². The van der Waals surface area contributed by atoms with Gasteiger partial charge in [-0.15, -0.1) is 0 Å². The van der Waals surface area contributed by atoms with E-state index in [1.165, 1.54) is 0 Å². The molecule has 0 radical (unpaired) electrons. The van der Waals surface area contributed by atoms with Crippen molar-refractivity contribution >= 4 is 5.95 Å². The molecule has 0 amide bonds. The maximum atomic E-state index is 5.36. The quantitative estimate of drug-likeness (QED) is 0.807. The third-order valence-electron chi connectivity index (χ3n) is 2.33. The topological polar surface area (TPSA) is 56.3 Å². The van der Waals surface area contributed by atoms with Crippen LogP contribution in [-0.4, -0.2) is 36.3 Å². The van der Waals surface area contributed by atoms with Crippen molar-refractivity contribution in [2.24, 2.45) is 0 Å². The Balaban J connectivity index is 1.96. The Morgan fingerprint density at radius 3 is 3.27 bits per heavy atom. The smallest absolute Gasteiger partial charge is 0.226 e. The average molecular weight is 209 g/mol. The number of methoxy groups -OCH3 is 1. The van der Waals surface area contributed by atoms with Gasteiger partial charge in [0, 0.05) is 18.9 Å². The molecule has 82 valence electrons. The molecule has 2 heterocycles. The first-order valence-corrected chi connectivity index (χ1v) is 5.10. The van der Waals surface area contributed by atoms with E-state index in [1.54, 1.807) is 19.4 Å². The zero-order valence-electron chi connectivity index (χ0n) is 8.77. The summed E-state index contributed by atoms with van der Waals surface area (Å²) in [5.41, 5.74) is 0. The van der Waals surface area contributed by atoms with Crippen LogP contribution in [0.1, 0.15) is 12.8 Å². The van der Waals surface area contributed by atoms with Crippen LogP contribution in [0.3, 0.4) is 0 Å². The van der Waals surface area contributed by atoms with Crippen LogP contribution >= 0.6 is 0 Å². The summed E-state index contributed by atoms with van der Waals surface area (Å²) in [5.74, 6) is 1.18. The zero-order chi connectivity index (χ0) is 10.5. The fourth-order valence-electron chi connectivity index (χ4n) is 1.56. The molecule has 1 aliphatic rings. The summed E-state index contributed by atoms with van der Waals surface area (Å²) in [6, 6.07) is 2.04. The number of hydrogen-bond acceptors (Lipinski definition) is 5. The van der Waals surface area contributed by atoms with Gasteiger partial charge in [-0.05, 0) is 12.8 Å². The molecule has 0 aromatic carbocycles. The minimum Gasteiger partial charge on any atom is -0.481 e. The third-order valence-corrected chi connectivity index (χ3v) is 2.33. The Kier molecular flexibility index (Phi) is 3.34. The van der Waals surface area contributed by atoms with Gasteiger partial charge in [-0.2, -0.15) is 4.98 Å². The first-order valence-electron chi connectivity index (χ1n) is 5.10. The Morgan fingerprint density at radius 1 is 1.60 bits per heavy atom. The van der Waals surface area contributed by atoms with Gasteiger partial charge in [-0.3, -0.25) is 0 Å². The van der Waals surface area contributed by atoms with Crippen LogP contribution in [-0.2, 0) is 4.74 Å². The highest BCUT2D eigenvalue weighted by molar-refractivity contribution is 5.28. The van der Waals surface area contributed by atoms with Crippen LogP contribution < -0.4 is 10.1 Å². The van der Waals surface area contributed by atoms with E-state index in [4.69, 9.17) is 9.47 Å². The van der Waals surface area contributed by atoms with Crippen molar-refractivity contribution in [2.75, 3.05) is 25.6 Å². The van der Waals surface area contributed by atoms with Gasteiger partial charge in [-0.1, -0.05) is 0 Å². The second kappa shape index (κ2) is 4.93. The first-order chi connectivity index (χ1) is 7.38. The lowest BCUT2D eigenvalue weighted by Gasteiger charge is -2.22. The Labute approximate surface area is 88.8 Å². The highest BCUT2D eigenvalue weighted by atomic mass is 16.5. The summed E-state index contributed by atoms with van der Waals surface area (Å²) < 4.78 is 10.4. The van der Waals surface area contributed by atoms with E-state index in [9.17, 15) is 0 Å². The maximum Gasteiger partial charge on any atom is 0.226 e. The van der Waals surface area contributed by atoms with Gasteiger partial charge in [0.1, 0.15) is 0 Å². The molecule has 1 saturated heterocycles. The molecule has 5 nitrogen and oxygen atoms in total. The molecule has 5 heteroatoms. The number of hydrogen-bond donors (Lipinski definition) is 1. The van der Waals surface area contributed by atoms with Gasteiger partial charge in [-0.25, -0.2) is 4.98 Å². The maximum absolute atomic E-state index is 5.36. The van der Waals surface area contributed by atoms with E-state index in [2.05, 4.69) is 15.3 Å². The molecule has 1 fully saturated rings. The first kappa shape index (κ1) is 10.2. The van der Waals surface area contributed by atoms with E-state index in [0.717, 1.165) is 26.1 Å². The van der Waals surface area contributed by atoms with Crippen molar-refractivity contribution in [3.63, 3.8) is 0 Å². The van der Waals surface area contributed by atoms with Crippen molar-refractivity contribution in [3.05, 3.63) is 12.3 Å². The molecule has 1 aliphatic heterocycles. The number of nitrogens with one attached hydrogen (secondary N) is 1. The van der Waals surface area contributed by atoms with Gasteiger partial charge in [0.2, 0.25) is 11.8 Å². The van der Waals surface area contributed by atoms with Crippen molar-refractivity contribution in [1.29, 1.82) is 0 Å². The zero-order valence-corrected chi connectivity index (χ0v) is 8.77. The lowest BCUT2D eigenvalue weighted by molar-refractivity contribution is 0.0874. The minimum absolute atomic E-state index is 0.311. The van der Waals surface area contributed by atoms with E-state index in [0.29, 0.717) is 17.9 Å². The monoisotopic (exact) mass is 209 g/mol. The summed E-state index contributed by atoms with van der Waals surface area (Å²) in [6.07, 6.45) is 3.86. The van der Waals surface area contributed by atoms with Gasteiger partial charge >= 0.3 is 0 Å². The summed E-state index contributed by atoms with van der Waals surface area (Å²) in [4.78, 5) is 8.31. The predicted molar refractivity (Wildman–Crippen MR) is 56.0 cm³/mol. The molecule has 2 rings (SSSR count). The average Bonchev–Trinajstić information content (AvgIpc) is 2.31. The predicted octanol–water partition coefficient (Wildman–Crippen LogP) is 1.08. The van der Waals surface area contributed by atoms with Gasteiger partial charge in [0.15, 0.2) is 0 Å². The van der Waals surface area contributed by atoms with Gasteiger partial charge in [0.05, 0.1) is 19.8 Å². The van der Waals surface area contributed by atoms with Gasteiger partial charge < -0.3 is 14.8 Å². The normalized spacial score (nSPS) is 21.0. The van der Waals surface area contributed by atoms with Crippen molar-refractivity contribution in [3.8, 4) is 5.88 Å². The Hall–Kier alpha value is -1.36. The number of ether oxygens (including phenoxy) is 2. The van der Waals surface area contributed by atoms with Crippen LogP contribution in [0.5, 0.6) is 5.88 Å². The Bertz CT molecular complexity index is 313. The molecule has 0 aliphatic carbocycles. The van der Waals surface area contributed by atoms with Crippen molar-refractivity contribution < 1.29 is 9.47 Å². The van der Waals surface area contributed by atoms with Crippen LogP contribution in [0.25, 0.3) is 0 Å². The summed E-state index contributed by atoms with van der Waals surface area (Å²) >= 11 is 0. The molecule has 1 aromatic rings. The standard InChI is InChI=1S/C10H15N3O2/c1-14-9-4-5-11-10(13-9)12-8-3-2-6-15-7-8/h4-5,8H,2-3,6-7H2,1H3,(H,11,12,13). The van der Waals surface area contributed by atoms with Crippen LogP contribution in [0.4, 0.5) is 5.95 Å². The molecule has 0 spiro atoms. The second-order valence-electron chi connectivity index (χ2n) is 3.48. The molecule has 15 heavy (non-hydrogen) atoms. The number of anilines is 1. The van der Waals surface area contributed by atoms with E-state index in [1.807, 2.05) is 0 Å². The van der Waals surface area contributed by atoms with Gasteiger partial charge in [0.25, 0.3) is 0 Å². The highest BCUT2D eigenvalue weighted by Gasteiger charge is 2.14. The molecular weight excluding hydrogens is 194 g/mol. The van der Waals surface area contributed by atoms with Crippen LogP contribution in [0.2, 0.25) is 0 Å². The fourth-order valence-corrected chi connectivity index (χ4v) is 1.56. The Morgan fingerprint density at radius 2 is 2.53 bits per heavy atom. The molecule has 0 bridgehead atoms. The fraction of sp³-hybridized carbons (Fsp3) is 0.600. The summed E-state index contributed by atoms with van der Waals surface area (Å²) in [5, 5.41) is 3.23. The largest absolute Gasteiger partial charge is 0.481 e. The lowest BCUT2D eigenvalue weighted by atomic mass is 10.1. The number of nitrogens with zero attached hydrogens (tertiary/aromatic N) is 2. The molecular formula is C10H15N3O2. The lowest BCUT2D eigenvalue weighted by Crippen LogP contribution is -2.30. The third kappa shape index (κ3) is 2.79. The van der Waals surface area contributed by atoms with Crippen molar-refractivity contribution in [1.82, 2.24) is 9.97 Å². The van der Waals surface area contributed by atoms with E-state index < -0.39 is 0 Å². The molecule has 1 atom stereocenters. The summed E-state index contributed by atoms with van der Waals surface area (Å²) in [7, 11) is 1.59. The van der Waals surface area contributed by atoms with Crippen molar-refractivity contribution in [2.45, 2.75) is 18.9 Å². The molecule has 1 aromatic heterocycles. The van der Waals surface area contributed by atoms with E-state index in [-0.39, 0.29) is 0 Å². The summed E-state index contributed by atoms with van der Waals surface area (Å²) in [6.45, 7) is 1.58.